The first-order chi connectivity index (χ1) is 10.0. The van der Waals surface area contributed by atoms with Crippen LogP contribution >= 0.6 is 0 Å². The number of hydrogen-bond donors (Lipinski definition) is 0. The number of benzene rings is 1. The molecule has 0 aromatic heterocycles. The van der Waals surface area contributed by atoms with E-state index in [-0.39, 0.29) is 11.7 Å². The maximum atomic E-state index is 13.3. The Labute approximate surface area is 125 Å². The number of amides is 1. The molecule has 1 atom stereocenters. The van der Waals surface area contributed by atoms with Crippen molar-refractivity contribution in [1.29, 1.82) is 0 Å². The molecule has 0 spiro atoms. The van der Waals surface area contributed by atoms with Gasteiger partial charge in [-0.05, 0) is 37.6 Å². The summed E-state index contributed by atoms with van der Waals surface area (Å²) in [6.45, 7) is 7.59. The molecule has 21 heavy (non-hydrogen) atoms. The number of piperazine rings is 1. The molecule has 0 N–H and O–H groups in total. The third-order valence-electron chi connectivity index (χ3n) is 4.04. The molecule has 0 unspecified atom stereocenters. The molecule has 116 valence electrons. The third kappa shape index (κ3) is 3.80. The molecule has 0 bridgehead atoms. The highest BCUT2D eigenvalue weighted by atomic mass is 19.1. The smallest absolute Gasteiger partial charge is 0.253 e. The molecule has 1 aliphatic heterocycles. The van der Waals surface area contributed by atoms with Crippen molar-refractivity contribution < 1.29 is 13.9 Å². The first-order valence-corrected chi connectivity index (χ1v) is 7.31. The molecule has 1 saturated heterocycles. The molecule has 1 fully saturated rings. The monoisotopic (exact) mass is 294 g/mol. The highest BCUT2D eigenvalue weighted by molar-refractivity contribution is 5.94. The van der Waals surface area contributed by atoms with Crippen LogP contribution in [0.3, 0.4) is 0 Å². The summed E-state index contributed by atoms with van der Waals surface area (Å²) in [5.41, 5.74) is 1.07. The van der Waals surface area contributed by atoms with Gasteiger partial charge in [0.25, 0.3) is 5.91 Å². The van der Waals surface area contributed by atoms with Gasteiger partial charge in [0.1, 0.15) is 5.82 Å². The molecule has 0 radical (unpaired) electrons. The van der Waals surface area contributed by atoms with Crippen LogP contribution in [0, 0.1) is 12.7 Å². The molecule has 2 rings (SSSR count). The van der Waals surface area contributed by atoms with E-state index in [1.165, 1.54) is 6.07 Å². The average molecular weight is 294 g/mol. The lowest BCUT2D eigenvalue weighted by atomic mass is 10.1. The van der Waals surface area contributed by atoms with Crippen LogP contribution in [0.15, 0.2) is 18.2 Å². The van der Waals surface area contributed by atoms with Crippen molar-refractivity contribution in [2.75, 3.05) is 39.9 Å². The Balaban J connectivity index is 1.95. The Kier molecular flexibility index (Phi) is 5.31. The van der Waals surface area contributed by atoms with E-state index in [0.717, 1.165) is 13.1 Å². The number of rotatable bonds is 4. The van der Waals surface area contributed by atoms with Crippen LogP contribution in [0.1, 0.15) is 22.8 Å². The second-order valence-electron chi connectivity index (χ2n) is 5.60. The van der Waals surface area contributed by atoms with E-state index < -0.39 is 0 Å². The van der Waals surface area contributed by atoms with E-state index in [9.17, 15) is 9.18 Å². The molecule has 5 heteroatoms. The van der Waals surface area contributed by atoms with Gasteiger partial charge in [0, 0.05) is 44.9 Å². The Morgan fingerprint density at radius 2 is 2.00 bits per heavy atom. The highest BCUT2D eigenvalue weighted by Gasteiger charge is 2.24. The van der Waals surface area contributed by atoms with Crippen LogP contribution in [-0.4, -0.2) is 61.6 Å². The Bertz CT molecular complexity index is 499. The van der Waals surface area contributed by atoms with E-state index in [4.69, 9.17) is 4.74 Å². The van der Waals surface area contributed by atoms with Crippen LogP contribution in [-0.2, 0) is 4.74 Å². The van der Waals surface area contributed by atoms with Crippen molar-refractivity contribution in [1.82, 2.24) is 9.80 Å². The number of ether oxygens (including phenoxy) is 1. The first-order valence-electron chi connectivity index (χ1n) is 7.31. The number of methoxy groups -OCH3 is 1. The fraction of sp³-hybridized carbons (Fsp3) is 0.562. The van der Waals surface area contributed by atoms with Crippen LogP contribution in [0.2, 0.25) is 0 Å². The summed E-state index contributed by atoms with van der Waals surface area (Å²) in [7, 11) is 1.70. The van der Waals surface area contributed by atoms with Gasteiger partial charge in [0.2, 0.25) is 0 Å². The standard InChI is InChI=1S/C16H23FN2O2/c1-12-10-14(4-5-15(12)17)16(20)19-8-6-18(7-9-19)13(2)11-21-3/h4-5,10,13H,6-9,11H2,1-3H3/t13-/m1/s1. The Morgan fingerprint density at radius 1 is 1.33 bits per heavy atom. The third-order valence-corrected chi connectivity index (χ3v) is 4.04. The second-order valence-corrected chi connectivity index (χ2v) is 5.60. The van der Waals surface area contributed by atoms with Crippen molar-refractivity contribution in [3.05, 3.63) is 35.1 Å². The van der Waals surface area contributed by atoms with E-state index in [1.54, 1.807) is 26.2 Å². The molecule has 0 saturated carbocycles. The Morgan fingerprint density at radius 3 is 2.57 bits per heavy atom. The molecule has 4 nitrogen and oxygen atoms in total. The van der Waals surface area contributed by atoms with Crippen molar-refractivity contribution in [2.45, 2.75) is 19.9 Å². The lowest BCUT2D eigenvalue weighted by molar-refractivity contribution is 0.0449. The SMILES string of the molecule is COC[C@@H](C)N1CCN(C(=O)c2ccc(F)c(C)c2)CC1. The number of halogens is 1. The minimum atomic E-state index is -0.273. The van der Waals surface area contributed by atoms with Gasteiger partial charge in [0.15, 0.2) is 0 Å². The number of hydrogen-bond acceptors (Lipinski definition) is 3. The zero-order chi connectivity index (χ0) is 15.4. The minimum Gasteiger partial charge on any atom is -0.383 e. The number of nitrogens with zero attached hydrogens (tertiary/aromatic N) is 2. The molecule has 0 aliphatic carbocycles. The number of carbonyl (C=O) groups excluding carboxylic acids is 1. The van der Waals surface area contributed by atoms with Crippen LogP contribution in [0.4, 0.5) is 4.39 Å². The molecule has 1 amide bonds. The predicted molar refractivity (Wildman–Crippen MR) is 80.0 cm³/mol. The van der Waals surface area contributed by atoms with Crippen molar-refractivity contribution in [3.63, 3.8) is 0 Å². The molecule has 1 aromatic carbocycles. The zero-order valence-electron chi connectivity index (χ0n) is 12.9. The predicted octanol–water partition coefficient (Wildman–Crippen LogP) is 1.93. The molecule has 1 aromatic rings. The second kappa shape index (κ2) is 7.00. The van der Waals surface area contributed by atoms with Crippen molar-refractivity contribution in [3.8, 4) is 0 Å². The summed E-state index contributed by atoms with van der Waals surface area (Å²) in [5, 5.41) is 0. The maximum absolute atomic E-state index is 13.3. The summed E-state index contributed by atoms with van der Waals surface area (Å²) >= 11 is 0. The highest BCUT2D eigenvalue weighted by Crippen LogP contribution is 2.14. The summed E-state index contributed by atoms with van der Waals surface area (Å²) in [6, 6.07) is 4.90. The molecule has 1 heterocycles. The van der Waals surface area contributed by atoms with Crippen LogP contribution in [0.25, 0.3) is 0 Å². The number of carbonyl (C=O) groups is 1. The lowest BCUT2D eigenvalue weighted by Gasteiger charge is -2.37. The van der Waals surface area contributed by atoms with Crippen molar-refractivity contribution >= 4 is 5.91 Å². The summed E-state index contributed by atoms with van der Waals surface area (Å²) in [5.74, 6) is -0.290. The van der Waals surface area contributed by atoms with Gasteiger partial charge in [0.05, 0.1) is 6.61 Å². The molecular weight excluding hydrogens is 271 g/mol. The average Bonchev–Trinajstić information content (AvgIpc) is 2.50. The van der Waals surface area contributed by atoms with E-state index in [2.05, 4.69) is 11.8 Å². The van der Waals surface area contributed by atoms with E-state index in [1.807, 2.05) is 4.90 Å². The van der Waals surface area contributed by atoms with Crippen LogP contribution < -0.4 is 0 Å². The number of aryl methyl sites for hydroxylation is 1. The maximum Gasteiger partial charge on any atom is 0.253 e. The topological polar surface area (TPSA) is 32.8 Å². The first kappa shape index (κ1) is 15.9. The van der Waals surface area contributed by atoms with Crippen molar-refractivity contribution in [2.24, 2.45) is 0 Å². The summed E-state index contributed by atoms with van der Waals surface area (Å²) < 4.78 is 18.4. The summed E-state index contributed by atoms with van der Waals surface area (Å²) in [6.07, 6.45) is 0. The van der Waals surface area contributed by atoms with Gasteiger partial charge >= 0.3 is 0 Å². The lowest BCUT2D eigenvalue weighted by Crippen LogP contribution is -2.52. The molecule has 1 aliphatic rings. The normalized spacial score (nSPS) is 17.8. The summed E-state index contributed by atoms with van der Waals surface area (Å²) in [4.78, 5) is 16.6. The fourth-order valence-electron chi connectivity index (χ4n) is 2.67. The fourth-order valence-corrected chi connectivity index (χ4v) is 2.67. The van der Waals surface area contributed by atoms with E-state index in [0.29, 0.717) is 36.9 Å². The van der Waals surface area contributed by atoms with Gasteiger partial charge in [-0.25, -0.2) is 4.39 Å². The van der Waals surface area contributed by atoms with Gasteiger partial charge in [-0.15, -0.1) is 0 Å². The van der Waals surface area contributed by atoms with E-state index >= 15 is 0 Å². The quantitative estimate of drug-likeness (QED) is 0.850. The Hall–Kier alpha value is -1.46. The van der Waals surface area contributed by atoms with Crippen LogP contribution in [0.5, 0.6) is 0 Å². The van der Waals surface area contributed by atoms with Gasteiger partial charge in [-0.2, -0.15) is 0 Å². The molecular formula is C16H23FN2O2. The largest absolute Gasteiger partial charge is 0.383 e. The minimum absolute atomic E-state index is 0.0165. The van der Waals surface area contributed by atoms with Gasteiger partial charge in [-0.3, -0.25) is 9.69 Å². The zero-order valence-corrected chi connectivity index (χ0v) is 12.9. The van der Waals surface area contributed by atoms with Gasteiger partial charge in [-0.1, -0.05) is 0 Å². The van der Waals surface area contributed by atoms with Gasteiger partial charge < -0.3 is 9.64 Å².